The molecule has 9 nitrogen and oxygen atoms in total. The number of aromatic nitrogens is 4. The number of anilines is 1. The lowest BCUT2D eigenvalue weighted by Crippen LogP contribution is -2.51. The number of halogens is 1. The van der Waals surface area contributed by atoms with Gasteiger partial charge in [-0.25, -0.2) is 14.1 Å². The van der Waals surface area contributed by atoms with E-state index < -0.39 is 5.82 Å². The number of rotatable bonds is 6. The third-order valence-corrected chi connectivity index (χ3v) is 8.98. The smallest absolute Gasteiger partial charge is 0.254 e. The van der Waals surface area contributed by atoms with Gasteiger partial charge in [0.25, 0.3) is 5.91 Å². The van der Waals surface area contributed by atoms with E-state index in [1.54, 1.807) is 34.1 Å². The minimum atomic E-state index is -0.532. The average Bonchev–Trinajstić information content (AvgIpc) is 3.57. The van der Waals surface area contributed by atoms with Gasteiger partial charge in [0, 0.05) is 68.2 Å². The number of benzene rings is 1. The quantitative estimate of drug-likeness (QED) is 0.356. The van der Waals surface area contributed by atoms with Gasteiger partial charge in [-0.15, -0.1) is 0 Å². The summed E-state index contributed by atoms with van der Waals surface area (Å²) in [5.41, 5.74) is 4.70. The Morgan fingerprint density at radius 3 is 2.63 bits per heavy atom. The van der Waals surface area contributed by atoms with E-state index in [-0.39, 0.29) is 17.5 Å². The van der Waals surface area contributed by atoms with Gasteiger partial charge in [-0.1, -0.05) is 18.3 Å². The molecule has 11 heteroatoms. The molecule has 6 rings (SSSR count). The Morgan fingerprint density at radius 2 is 1.95 bits per heavy atom. The zero-order chi connectivity index (χ0) is 28.7. The summed E-state index contributed by atoms with van der Waals surface area (Å²) in [7, 11) is 0. The van der Waals surface area contributed by atoms with Gasteiger partial charge in [0.2, 0.25) is 5.91 Å². The second-order valence-corrected chi connectivity index (χ2v) is 11.6. The van der Waals surface area contributed by atoms with E-state index >= 15 is 4.39 Å². The predicted octanol–water partition coefficient (Wildman–Crippen LogP) is 4.81. The van der Waals surface area contributed by atoms with Gasteiger partial charge in [-0.05, 0) is 56.5 Å². The molecular weight excluding hydrogens is 541 g/mol. The van der Waals surface area contributed by atoms with Crippen LogP contribution in [0.2, 0.25) is 0 Å². The highest BCUT2D eigenvalue weighted by atomic mass is 32.1. The summed E-state index contributed by atoms with van der Waals surface area (Å²) >= 11 is 1.35. The first-order valence-corrected chi connectivity index (χ1v) is 14.8. The van der Waals surface area contributed by atoms with E-state index in [0.717, 1.165) is 52.6 Å². The maximum Gasteiger partial charge on any atom is 0.254 e. The van der Waals surface area contributed by atoms with Crippen LogP contribution in [-0.4, -0.2) is 73.6 Å². The molecule has 1 aliphatic carbocycles. The van der Waals surface area contributed by atoms with Crippen molar-refractivity contribution in [2.75, 3.05) is 31.5 Å². The Kier molecular flexibility index (Phi) is 7.39. The summed E-state index contributed by atoms with van der Waals surface area (Å²) in [6.45, 7) is 8.69. The molecule has 1 aliphatic heterocycles. The fourth-order valence-corrected chi connectivity index (χ4v) is 6.72. The van der Waals surface area contributed by atoms with Gasteiger partial charge in [-0.3, -0.25) is 19.5 Å². The molecule has 2 aliphatic rings. The SMILES string of the molecule is CCC(C)N1CCN(C(=O)c2ccc(-n3nc(-c4cccnc4)c4c3-c3sc(NC(C)=O)nc3CC4)c(F)c2)CC1. The van der Waals surface area contributed by atoms with E-state index in [4.69, 9.17) is 5.10 Å². The highest BCUT2D eigenvalue weighted by molar-refractivity contribution is 7.19. The molecule has 0 spiro atoms. The molecule has 3 aromatic heterocycles. The molecule has 1 unspecified atom stereocenters. The number of carbonyl (C=O) groups is 2. The van der Waals surface area contributed by atoms with Gasteiger partial charge in [0.1, 0.15) is 11.5 Å². The molecule has 0 saturated carbocycles. The van der Waals surface area contributed by atoms with Crippen LogP contribution in [0.25, 0.3) is 27.5 Å². The maximum absolute atomic E-state index is 15.9. The van der Waals surface area contributed by atoms with Gasteiger partial charge < -0.3 is 10.2 Å². The molecule has 4 heterocycles. The average molecular weight is 574 g/mol. The van der Waals surface area contributed by atoms with Crippen molar-refractivity contribution in [3.05, 3.63) is 65.4 Å². The standard InChI is InChI=1S/C30H32FN7O2S/c1-4-18(2)36-12-14-37(15-13-36)29(40)20-7-10-25(23(31)16-20)38-27-22(26(35-38)21-6-5-11-32-17-21)8-9-24-28(27)41-30(34-24)33-19(3)39/h5-7,10-11,16-18H,4,8-9,12-15H2,1-3H3,(H,33,34,39). The third-order valence-electron chi connectivity index (χ3n) is 7.96. The zero-order valence-corrected chi connectivity index (χ0v) is 24.2. The molecule has 0 radical (unpaired) electrons. The Balaban J connectivity index is 1.37. The van der Waals surface area contributed by atoms with Crippen molar-refractivity contribution in [1.29, 1.82) is 0 Å². The first-order chi connectivity index (χ1) is 19.8. The molecule has 212 valence electrons. The first-order valence-electron chi connectivity index (χ1n) is 14.0. The van der Waals surface area contributed by atoms with Crippen LogP contribution >= 0.6 is 11.3 Å². The number of aryl methyl sites for hydroxylation is 1. The first kappa shape index (κ1) is 27.2. The van der Waals surface area contributed by atoms with Crippen LogP contribution in [0.15, 0.2) is 42.7 Å². The lowest BCUT2D eigenvalue weighted by molar-refractivity contribution is -0.114. The Hall–Kier alpha value is -3.96. The van der Waals surface area contributed by atoms with E-state index in [1.165, 1.54) is 24.3 Å². The Labute approximate surface area is 242 Å². The van der Waals surface area contributed by atoms with Gasteiger partial charge in [0.15, 0.2) is 5.13 Å². The van der Waals surface area contributed by atoms with Crippen molar-refractivity contribution in [2.45, 2.75) is 46.1 Å². The van der Waals surface area contributed by atoms with Gasteiger partial charge in [-0.2, -0.15) is 5.10 Å². The number of nitrogens with one attached hydrogen (secondary N) is 1. The number of nitrogens with zero attached hydrogens (tertiary/aromatic N) is 6. The van der Waals surface area contributed by atoms with E-state index in [0.29, 0.717) is 42.7 Å². The molecule has 41 heavy (non-hydrogen) atoms. The number of hydrogen-bond donors (Lipinski definition) is 1. The number of amides is 2. The highest BCUT2D eigenvalue weighted by Crippen LogP contribution is 2.44. The fourth-order valence-electron chi connectivity index (χ4n) is 5.60. The summed E-state index contributed by atoms with van der Waals surface area (Å²) in [6.07, 6.45) is 5.86. The number of carbonyl (C=O) groups excluding carboxylic acids is 2. The largest absolute Gasteiger partial charge is 0.336 e. The topological polar surface area (TPSA) is 96.3 Å². The van der Waals surface area contributed by atoms with Crippen LogP contribution in [0.1, 0.15) is 48.8 Å². The fraction of sp³-hybridized carbons (Fsp3) is 0.367. The number of piperazine rings is 1. The number of hydrogen-bond acceptors (Lipinski definition) is 7. The van der Waals surface area contributed by atoms with Crippen molar-refractivity contribution in [2.24, 2.45) is 0 Å². The molecule has 1 N–H and O–H groups in total. The molecule has 4 aromatic rings. The molecule has 1 fully saturated rings. The monoisotopic (exact) mass is 573 g/mol. The van der Waals surface area contributed by atoms with Crippen LogP contribution < -0.4 is 5.32 Å². The van der Waals surface area contributed by atoms with Crippen molar-refractivity contribution >= 4 is 28.3 Å². The number of pyridine rings is 1. The minimum absolute atomic E-state index is 0.164. The third kappa shape index (κ3) is 5.15. The van der Waals surface area contributed by atoms with Crippen LogP contribution in [-0.2, 0) is 17.6 Å². The summed E-state index contributed by atoms with van der Waals surface area (Å²) in [6, 6.07) is 8.88. The highest BCUT2D eigenvalue weighted by Gasteiger charge is 2.31. The van der Waals surface area contributed by atoms with E-state index in [1.807, 2.05) is 12.1 Å². The Bertz CT molecular complexity index is 1610. The van der Waals surface area contributed by atoms with Crippen molar-refractivity contribution in [3.63, 3.8) is 0 Å². The summed E-state index contributed by atoms with van der Waals surface area (Å²) in [5, 5.41) is 8.16. The lowest BCUT2D eigenvalue weighted by Gasteiger charge is -2.37. The summed E-state index contributed by atoms with van der Waals surface area (Å²) in [4.78, 5) is 38.9. The molecule has 1 atom stereocenters. The summed E-state index contributed by atoms with van der Waals surface area (Å²) in [5.74, 6) is -0.896. The van der Waals surface area contributed by atoms with Crippen LogP contribution in [0.5, 0.6) is 0 Å². The van der Waals surface area contributed by atoms with Crippen molar-refractivity contribution in [1.82, 2.24) is 29.5 Å². The second-order valence-electron chi connectivity index (χ2n) is 10.6. The van der Waals surface area contributed by atoms with Crippen LogP contribution in [0.4, 0.5) is 9.52 Å². The van der Waals surface area contributed by atoms with Crippen molar-refractivity contribution < 1.29 is 14.0 Å². The normalized spacial score (nSPS) is 15.8. The second kappa shape index (κ2) is 11.1. The molecule has 1 saturated heterocycles. The molecule has 2 amide bonds. The van der Waals surface area contributed by atoms with Crippen molar-refractivity contribution in [3.8, 4) is 27.5 Å². The van der Waals surface area contributed by atoms with Crippen LogP contribution in [0.3, 0.4) is 0 Å². The van der Waals surface area contributed by atoms with E-state index in [9.17, 15) is 9.59 Å². The van der Waals surface area contributed by atoms with Crippen LogP contribution in [0, 0.1) is 5.82 Å². The molecular formula is C30H32FN7O2S. The van der Waals surface area contributed by atoms with E-state index in [2.05, 4.69) is 34.0 Å². The Morgan fingerprint density at radius 1 is 1.15 bits per heavy atom. The molecule has 0 bridgehead atoms. The lowest BCUT2D eigenvalue weighted by atomic mass is 9.95. The maximum atomic E-state index is 15.9. The minimum Gasteiger partial charge on any atom is -0.336 e. The van der Waals surface area contributed by atoms with Gasteiger partial charge >= 0.3 is 0 Å². The molecule has 1 aromatic carbocycles. The number of thiazole rings is 1. The predicted molar refractivity (Wildman–Crippen MR) is 157 cm³/mol. The van der Waals surface area contributed by atoms with Gasteiger partial charge in [0.05, 0.1) is 22.0 Å². The zero-order valence-electron chi connectivity index (χ0n) is 23.4. The summed E-state index contributed by atoms with van der Waals surface area (Å²) < 4.78 is 17.5. The number of fused-ring (bicyclic) bond motifs is 3.